The molecule has 3 aromatic rings. The van der Waals surface area contributed by atoms with Crippen LogP contribution >= 0.6 is 11.3 Å². The number of aromatic nitrogens is 3. The van der Waals surface area contributed by atoms with Gasteiger partial charge in [0.15, 0.2) is 16.5 Å². The van der Waals surface area contributed by atoms with Crippen LogP contribution in [0.5, 0.6) is 5.06 Å². The summed E-state index contributed by atoms with van der Waals surface area (Å²) in [5, 5.41) is 8.14. The molecular formula is C15H15N5O2S. The lowest BCUT2D eigenvalue weighted by Crippen LogP contribution is -2.25. The highest BCUT2D eigenvalue weighted by atomic mass is 32.1. The van der Waals surface area contributed by atoms with E-state index in [1.165, 1.54) is 15.9 Å². The average Bonchev–Trinajstić information content (AvgIpc) is 3.06. The molecule has 0 saturated heterocycles. The number of carbonyl (C=O) groups is 1. The van der Waals surface area contributed by atoms with E-state index in [1.807, 2.05) is 12.1 Å². The molecule has 0 atom stereocenters. The number of nitrogens with zero attached hydrogens (tertiary/aromatic N) is 3. The summed E-state index contributed by atoms with van der Waals surface area (Å²) in [6, 6.07) is 7.39. The number of rotatable bonds is 4. The lowest BCUT2D eigenvalue weighted by atomic mass is 10.2. The molecule has 3 N–H and O–H groups in total. The van der Waals surface area contributed by atoms with E-state index in [0.29, 0.717) is 28.9 Å². The molecule has 4 rings (SSSR count). The number of pyridine rings is 1. The monoisotopic (exact) mass is 329 g/mol. The molecule has 1 aliphatic rings. The van der Waals surface area contributed by atoms with Crippen LogP contribution in [0.25, 0.3) is 16.3 Å². The quantitative estimate of drug-likeness (QED) is 0.763. The Morgan fingerprint density at radius 1 is 1.43 bits per heavy atom. The third-order valence-corrected chi connectivity index (χ3v) is 4.68. The maximum Gasteiger partial charge on any atom is 0.251 e. The number of carbonyl (C=O) groups excluding carboxylic acids is 1. The highest BCUT2D eigenvalue weighted by Crippen LogP contribution is 2.31. The lowest BCUT2D eigenvalue weighted by Gasteiger charge is -2.05. The van der Waals surface area contributed by atoms with Crippen molar-refractivity contribution in [3.63, 3.8) is 0 Å². The summed E-state index contributed by atoms with van der Waals surface area (Å²) in [7, 11) is 1.62. The maximum atomic E-state index is 12.2. The third kappa shape index (κ3) is 2.61. The van der Waals surface area contributed by atoms with Gasteiger partial charge in [-0.3, -0.25) is 4.79 Å². The zero-order valence-electron chi connectivity index (χ0n) is 12.4. The summed E-state index contributed by atoms with van der Waals surface area (Å²) in [5.74, 6) is 0.819. The molecule has 1 fully saturated rings. The number of methoxy groups -OCH3 is 1. The SMILES string of the molecule is COc1ccc(-c2nc3cc(C(=O)NC4CC4)cc(N)n3n2)s1. The van der Waals surface area contributed by atoms with E-state index >= 15 is 0 Å². The van der Waals surface area contributed by atoms with Gasteiger partial charge in [-0.1, -0.05) is 11.3 Å². The van der Waals surface area contributed by atoms with Gasteiger partial charge < -0.3 is 15.8 Å². The molecule has 0 radical (unpaired) electrons. The van der Waals surface area contributed by atoms with Crippen LogP contribution in [0.2, 0.25) is 0 Å². The van der Waals surface area contributed by atoms with Gasteiger partial charge in [0.05, 0.1) is 12.0 Å². The van der Waals surface area contributed by atoms with E-state index in [1.54, 1.807) is 19.2 Å². The number of ether oxygens (including phenoxy) is 1. The number of nitrogens with one attached hydrogen (secondary N) is 1. The van der Waals surface area contributed by atoms with Gasteiger partial charge in [0, 0.05) is 11.6 Å². The molecule has 118 valence electrons. The smallest absolute Gasteiger partial charge is 0.251 e. The van der Waals surface area contributed by atoms with E-state index in [4.69, 9.17) is 10.5 Å². The van der Waals surface area contributed by atoms with E-state index in [2.05, 4.69) is 15.4 Å². The van der Waals surface area contributed by atoms with Crippen LogP contribution in [-0.2, 0) is 0 Å². The fourth-order valence-electron chi connectivity index (χ4n) is 2.29. The minimum Gasteiger partial charge on any atom is -0.487 e. The normalized spacial score (nSPS) is 14.1. The van der Waals surface area contributed by atoms with Gasteiger partial charge in [0.2, 0.25) is 0 Å². The van der Waals surface area contributed by atoms with E-state index < -0.39 is 0 Å². The number of thiophene rings is 1. The molecular weight excluding hydrogens is 314 g/mol. The number of anilines is 1. The molecule has 0 spiro atoms. The number of fused-ring (bicyclic) bond motifs is 1. The first-order chi connectivity index (χ1) is 11.1. The number of hydrogen-bond donors (Lipinski definition) is 2. The summed E-state index contributed by atoms with van der Waals surface area (Å²) >= 11 is 1.45. The second kappa shape index (κ2) is 5.24. The topological polar surface area (TPSA) is 94.5 Å². The molecule has 7 nitrogen and oxygen atoms in total. The predicted molar refractivity (Wildman–Crippen MR) is 87.8 cm³/mol. The van der Waals surface area contributed by atoms with Gasteiger partial charge in [-0.2, -0.15) is 4.52 Å². The molecule has 1 aliphatic carbocycles. The first-order valence-electron chi connectivity index (χ1n) is 7.25. The number of nitrogens with two attached hydrogens (primary N) is 1. The first-order valence-corrected chi connectivity index (χ1v) is 8.07. The fraction of sp³-hybridized carbons (Fsp3) is 0.267. The fourth-order valence-corrected chi connectivity index (χ4v) is 3.04. The van der Waals surface area contributed by atoms with Crippen molar-refractivity contribution in [1.82, 2.24) is 19.9 Å². The third-order valence-electron chi connectivity index (χ3n) is 3.64. The molecule has 0 unspecified atom stereocenters. The van der Waals surface area contributed by atoms with Crippen LogP contribution in [0.15, 0.2) is 24.3 Å². The van der Waals surface area contributed by atoms with Crippen molar-refractivity contribution in [3.05, 3.63) is 29.8 Å². The first kappa shape index (κ1) is 14.0. The van der Waals surface area contributed by atoms with E-state index in [-0.39, 0.29) is 5.91 Å². The predicted octanol–water partition coefficient (Wildman–Crippen LogP) is 1.94. The van der Waals surface area contributed by atoms with Crippen LogP contribution in [0.1, 0.15) is 23.2 Å². The summed E-state index contributed by atoms with van der Waals surface area (Å²) < 4.78 is 6.72. The van der Waals surface area contributed by atoms with Crippen LogP contribution in [0.4, 0.5) is 5.82 Å². The summed E-state index contributed by atoms with van der Waals surface area (Å²) in [5.41, 5.74) is 7.08. The molecule has 8 heteroatoms. The highest BCUT2D eigenvalue weighted by molar-refractivity contribution is 7.17. The Morgan fingerprint density at radius 3 is 2.96 bits per heavy atom. The largest absolute Gasteiger partial charge is 0.487 e. The zero-order chi connectivity index (χ0) is 16.0. The Balaban J connectivity index is 1.72. The molecule has 0 aromatic carbocycles. The number of hydrogen-bond acceptors (Lipinski definition) is 6. The highest BCUT2D eigenvalue weighted by Gasteiger charge is 2.24. The van der Waals surface area contributed by atoms with Crippen LogP contribution < -0.4 is 15.8 Å². The Morgan fingerprint density at radius 2 is 2.26 bits per heavy atom. The van der Waals surface area contributed by atoms with Crippen molar-refractivity contribution in [2.24, 2.45) is 0 Å². The zero-order valence-corrected chi connectivity index (χ0v) is 13.3. The van der Waals surface area contributed by atoms with Gasteiger partial charge in [0.1, 0.15) is 5.82 Å². The minimum atomic E-state index is -0.121. The van der Waals surface area contributed by atoms with Crippen molar-refractivity contribution in [1.29, 1.82) is 0 Å². The van der Waals surface area contributed by atoms with Gasteiger partial charge in [-0.15, -0.1) is 5.10 Å². The molecule has 3 aromatic heterocycles. The van der Waals surface area contributed by atoms with Crippen LogP contribution in [0, 0.1) is 0 Å². The van der Waals surface area contributed by atoms with Crippen molar-refractivity contribution in [2.75, 3.05) is 12.8 Å². The Hall–Kier alpha value is -2.61. The van der Waals surface area contributed by atoms with Gasteiger partial charge in [-0.05, 0) is 37.1 Å². The second-order valence-corrected chi connectivity index (χ2v) is 6.49. The van der Waals surface area contributed by atoms with E-state index in [9.17, 15) is 4.79 Å². The summed E-state index contributed by atoms with van der Waals surface area (Å²) in [6.07, 6.45) is 2.08. The van der Waals surface area contributed by atoms with E-state index in [0.717, 1.165) is 22.8 Å². The Bertz CT molecular complexity index is 897. The van der Waals surface area contributed by atoms with Crippen LogP contribution in [-0.4, -0.2) is 33.7 Å². The molecule has 0 bridgehead atoms. The molecule has 1 saturated carbocycles. The van der Waals surface area contributed by atoms with Crippen LogP contribution in [0.3, 0.4) is 0 Å². The van der Waals surface area contributed by atoms with Gasteiger partial charge >= 0.3 is 0 Å². The summed E-state index contributed by atoms with van der Waals surface area (Å²) in [4.78, 5) is 17.5. The number of nitrogen functional groups attached to an aromatic ring is 1. The Kier molecular flexibility index (Phi) is 3.19. The Labute approximate surface area is 136 Å². The standard InChI is InChI=1S/C15H15N5O2S/c1-22-13-5-4-10(23-13)14-18-12-7-8(6-11(16)20(12)19-14)15(21)17-9-2-3-9/h4-7,9H,2-3,16H2,1H3,(H,17,21). The molecule has 3 heterocycles. The average molecular weight is 329 g/mol. The summed E-state index contributed by atoms with van der Waals surface area (Å²) in [6.45, 7) is 0. The number of amides is 1. The van der Waals surface area contributed by atoms with Crippen molar-refractivity contribution >= 4 is 28.7 Å². The molecule has 1 amide bonds. The molecule has 0 aliphatic heterocycles. The second-order valence-electron chi connectivity index (χ2n) is 5.44. The van der Waals surface area contributed by atoms with Crippen molar-refractivity contribution in [3.8, 4) is 15.8 Å². The minimum absolute atomic E-state index is 0.121. The van der Waals surface area contributed by atoms with Gasteiger partial charge in [-0.25, -0.2) is 4.98 Å². The van der Waals surface area contributed by atoms with Crippen molar-refractivity contribution < 1.29 is 9.53 Å². The van der Waals surface area contributed by atoms with Gasteiger partial charge in [0.25, 0.3) is 5.91 Å². The van der Waals surface area contributed by atoms with Crippen molar-refractivity contribution in [2.45, 2.75) is 18.9 Å². The molecule has 23 heavy (non-hydrogen) atoms. The maximum absolute atomic E-state index is 12.2. The lowest BCUT2D eigenvalue weighted by molar-refractivity contribution is 0.0951.